The summed E-state index contributed by atoms with van der Waals surface area (Å²) in [6, 6.07) is 9.80. The maximum atomic E-state index is 12.4. The molecule has 0 atom stereocenters. The smallest absolute Gasteiger partial charge is 0.330 e. The van der Waals surface area contributed by atoms with Crippen molar-refractivity contribution in [3.63, 3.8) is 0 Å². The van der Waals surface area contributed by atoms with E-state index in [1.807, 2.05) is 12.1 Å². The number of hydrogen-bond acceptors (Lipinski definition) is 3. The van der Waals surface area contributed by atoms with Gasteiger partial charge in [0.05, 0.1) is 0 Å². The molecule has 3 rings (SSSR count). The first-order valence-electron chi connectivity index (χ1n) is 6.14. The van der Waals surface area contributed by atoms with Crippen LogP contribution in [0.5, 0.6) is 0 Å². The minimum absolute atomic E-state index is 0.382. The number of carbonyl (C=O) groups is 3. The summed E-state index contributed by atoms with van der Waals surface area (Å²) in [5.74, 6) is -1.14. The summed E-state index contributed by atoms with van der Waals surface area (Å²) in [6.45, 7) is 0. The van der Waals surface area contributed by atoms with Gasteiger partial charge >= 0.3 is 6.03 Å². The van der Waals surface area contributed by atoms with E-state index >= 15 is 0 Å². The van der Waals surface area contributed by atoms with E-state index in [0.717, 1.165) is 5.39 Å². The van der Waals surface area contributed by atoms with Crippen LogP contribution in [0.2, 0.25) is 0 Å². The van der Waals surface area contributed by atoms with Gasteiger partial charge in [0, 0.05) is 30.6 Å². The number of rotatable bonds is 0. The summed E-state index contributed by atoms with van der Waals surface area (Å²) >= 11 is 0. The molecule has 5 heteroatoms. The second-order valence-electron chi connectivity index (χ2n) is 4.83. The molecule has 0 bridgehead atoms. The number of carbonyl (C=O) groups excluding carboxylic acids is 3. The molecular formula is C15H12N2O3. The van der Waals surface area contributed by atoms with Crippen molar-refractivity contribution in [3.8, 4) is 0 Å². The Morgan fingerprint density at radius 1 is 0.950 bits per heavy atom. The standard InChI is InChI=1S/C15H12N2O3/c1-16(2)15(20)17-13(18)10-7-3-5-9-6-4-8-11(12(9)10)14(17)19/h3-8H,1-2H3. The van der Waals surface area contributed by atoms with E-state index in [2.05, 4.69) is 0 Å². The quantitative estimate of drug-likeness (QED) is 0.688. The van der Waals surface area contributed by atoms with E-state index in [9.17, 15) is 14.4 Å². The average molecular weight is 268 g/mol. The monoisotopic (exact) mass is 268 g/mol. The fourth-order valence-corrected chi connectivity index (χ4v) is 2.40. The van der Waals surface area contributed by atoms with Gasteiger partial charge in [0.25, 0.3) is 11.8 Å². The SMILES string of the molecule is CN(C)C(=O)N1C(=O)c2cccc3cccc(c23)C1=O. The van der Waals surface area contributed by atoms with E-state index in [4.69, 9.17) is 0 Å². The van der Waals surface area contributed by atoms with Gasteiger partial charge in [0.15, 0.2) is 0 Å². The Labute approximate surface area is 115 Å². The molecular weight excluding hydrogens is 256 g/mol. The summed E-state index contributed by atoms with van der Waals surface area (Å²) in [6.07, 6.45) is 0. The molecule has 0 fully saturated rings. The number of amides is 4. The van der Waals surface area contributed by atoms with Crippen molar-refractivity contribution in [1.29, 1.82) is 0 Å². The van der Waals surface area contributed by atoms with Crippen LogP contribution in [0.15, 0.2) is 36.4 Å². The highest BCUT2D eigenvalue weighted by atomic mass is 16.2. The van der Waals surface area contributed by atoms with Gasteiger partial charge in [-0.05, 0) is 17.5 Å². The number of benzene rings is 2. The molecule has 1 aliphatic rings. The minimum Gasteiger partial charge on any atom is -0.330 e. The molecule has 0 spiro atoms. The van der Waals surface area contributed by atoms with Crippen LogP contribution in [0.4, 0.5) is 4.79 Å². The van der Waals surface area contributed by atoms with Gasteiger partial charge in [-0.25, -0.2) is 4.79 Å². The van der Waals surface area contributed by atoms with Crippen LogP contribution in [0, 0.1) is 0 Å². The summed E-state index contributed by atoms with van der Waals surface area (Å²) in [5.41, 5.74) is 0.765. The topological polar surface area (TPSA) is 57.7 Å². The third-order valence-corrected chi connectivity index (χ3v) is 3.35. The van der Waals surface area contributed by atoms with Gasteiger partial charge in [-0.3, -0.25) is 9.59 Å². The maximum Gasteiger partial charge on any atom is 0.333 e. The van der Waals surface area contributed by atoms with Crippen molar-refractivity contribution in [2.75, 3.05) is 14.1 Å². The van der Waals surface area contributed by atoms with Crippen molar-refractivity contribution in [2.24, 2.45) is 0 Å². The van der Waals surface area contributed by atoms with Crippen LogP contribution in [0.1, 0.15) is 20.7 Å². The molecule has 1 aliphatic heterocycles. The molecule has 20 heavy (non-hydrogen) atoms. The second-order valence-corrected chi connectivity index (χ2v) is 4.83. The molecule has 1 heterocycles. The second kappa shape index (κ2) is 4.16. The molecule has 4 amide bonds. The lowest BCUT2D eigenvalue weighted by atomic mass is 9.94. The maximum absolute atomic E-state index is 12.4. The van der Waals surface area contributed by atoms with Gasteiger partial charge in [0.1, 0.15) is 0 Å². The number of imide groups is 3. The van der Waals surface area contributed by atoms with Crippen LogP contribution in [-0.4, -0.2) is 41.7 Å². The zero-order chi connectivity index (χ0) is 14.4. The predicted octanol–water partition coefficient (Wildman–Crippen LogP) is 2.12. The Balaban J connectivity index is 2.29. The highest BCUT2D eigenvalue weighted by Gasteiger charge is 2.37. The zero-order valence-corrected chi connectivity index (χ0v) is 11.1. The Morgan fingerprint density at radius 3 is 1.90 bits per heavy atom. The van der Waals surface area contributed by atoms with Crippen molar-refractivity contribution in [2.45, 2.75) is 0 Å². The lowest BCUT2D eigenvalue weighted by molar-refractivity contribution is 0.0638. The van der Waals surface area contributed by atoms with Crippen LogP contribution in [-0.2, 0) is 0 Å². The third kappa shape index (κ3) is 1.53. The van der Waals surface area contributed by atoms with Gasteiger partial charge in [0.2, 0.25) is 0 Å². The minimum atomic E-state index is -0.633. The Hall–Kier alpha value is -2.69. The predicted molar refractivity (Wildman–Crippen MR) is 73.5 cm³/mol. The molecule has 0 saturated heterocycles. The Kier molecular flexibility index (Phi) is 2.57. The highest BCUT2D eigenvalue weighted by Crippen LogP contribution is 2.30. The lowest BCUT2D eigenvalue weighted by Gasteiger charge is -2.27. The Bertz CT molecular complexity index is 714. The largest absolute Gasteiger partial charge is 0.333 e. The summed E-state index contributed by atoms with van der Waals surface area (Å²) in [7, 11) is 3.01. The van der Waals surface area contributed by atoms with Crippen LogP contribution in [0.3, 0.4) is 0 Å². The molecule has 2 aromatic rings. The summed E-state index contributed by atoms with van der Waals surface area (Å²) < 4.78 is 0. The van der Waals surface area contributed by atoms with E-state index in [-0.39, 0.29) is 0 Å². The normalized spacial score (nSPS) is 13.8. The molecule has 5 nitrogen and oxygen atoms in total. The van der Waals surface area contributed by atoms with Crippen LogP contribution in [0.25, 0.3) is 10.8 Å². The van der Waals surface area contributed by atoms with Gasteiger partial charge in [-0.15, -0.1) is 0 Å². The number of hydrogen-bond donors (Lipinski definition) is 0. The van der Waals surface area contributed by atoms with Crippen LogP contribution < -0.4 is 0 Å². The summed E-state index contributed by atoms with van der Waals surface area (Å²) in [4.78, 5) is 38.8. The van der Waals surface area contributed by atoms with Gasteiger partial charge in [-0.1, -0.05) is 24.3 Å². The third-order valence-electron chi connectivity index (χ3n) is 3.35. The molecule has 2 aromatic carbocycles. The van der Waals surface area contributed by atoms with Gasteiger partial charge in [-0.2, -0.15) is 4.90 Å². The van der Waals surface area contributed by atoms with Crippen molar-refractivity contribution in [3.05, 3.63) is 47.5 Å². The molecule has 0 N–H and O–H groups in total. The fraction of sp³-hybridized carbons (Fsp3) is 0.133. The molecule has 0 aromatic heterocycles. The number of urea groups is 1. The first-order valence-corrected chi connectivity index (χ1v) is 6.14. The first kappa shape index (κ1) is 12.3. The van der Waals surface area contributed by atoms with E-state index in [0.29, 0.717) is 21.4 Å². The molecule has 0 aliphatic carbocycles. The van der Waals surface area contributed by atoms with Crippen LogP contribution >= 0.6 is 0 Å². The van der Waals surface area contributed by atoms with Crippen molar-refractivity contribution < 1.29 is 14.4 Å². The molecule has 0 saturated carbocycles. The fourth-order valence-electron chi connectivity index (χ4n) is 2.40. The molecule has 100 valence electrons. The van der Waals surface area contributed by atoms with E-state index in [1.54, 1.807) is 24.3 Å². The molecule has 0 radical (unpaired) electrons. The summed E-state index contributed by atoms with van der Waals surface area (Å²) in [5, 5.41) is 1.44. The first-order chi connectivity index (χ1) is 9.52. The highest BCUT2D eigenvalue weighted by molar-refractivity contribution is 6.30. The Morgan fingerprint density at radius 2 is 1.45 bits per heavy atom. The van der Waals surface area contributed by atoms with E-state index in [1.165, 1.54) is 19.0 Å². The van der Waals surface area contributed by atoms with Gasteiger partial charge < -0.3 is 4.90 Å². The average Bonchev–Trinajstić information content (AvgIpc) is 2.44. The van der Waals surface area contributed by atoms with Crippen molar-refractivity contribution >= 4 is 28.6 Å². The molecule has 0 unspecified atom stereocenters. The number of nitrogens with zero attached hydrogens (tertiary/aromatic N) is 2. The lowest BCUT2D eigenvalue weighted by Crippen LogP contribution is -2.48. The zero-order valence-electron chi connectivity index (χ0n) is 11.1. The van der Waals surface area contributed by atoms with Crippen molar-refractivity contribution in [1.82, 2.24) is 9.80 Å². The van der Waals surface area contributed by atoms with E-state index < -0.39 is 17.8 Å².